The predicted molar refractivity (Wildman–Crippen MR) is 137 cm³/mol. The van der Waals surface area contributed by atoms with Gasteiger partial charge >= 0.3 is 0 Å². The van der Waals surface area contributed by atoms with Gasteiger partial charge in [0, 0.05) is 50.4 Å². The minimum absolute atomic E-state index is 0.00631. The summed E-state index contributed by atoms with van der Waals surface area (Å²) in [5, 5.41) is 1.69. The number of aromatic amines is 1. The fraction of sp³-hybridized carbons (Fsp3) is 0.481. The number of hydrogen-bond donors (Lipinski definition) is 1. The van der Waals surface area contributed by atoms with E-state index >= 15 is 0 Å². The minimum Gasteiger partial charge on any atom is -0.489 e. The van der Waals surface area contributed by atoms with Crippen LogP contribution < -0.4 is 9.47 Å². The van der Waals surface area contributed by atoms with E-state index in [-0.39, 0.29) is 11.8 Å². The van der Waals surface area contributed by atoms with Gasteiger partial charge in [-0.25, -0.2) is 4.98 Å². The number of nitrogens with one attached hydrogen (secondary N) is 1. The Labute approximate surface area is 211 Å². The van der Waals surface area contributed by atoms with Crippen molar-refractivity contribution >= 4 is 28.5 Å². The van der Waals surface area contributed by atoms with Crippen molar-refractivity contribution in [3.05, 3.63) is 52.8 Å². The Balaban J connectivity index is 1.28. The van der Waals surface area contributed by atoms with Crippen molar-refractivity contribution in [2.45, 2.75) is 39.8 Å². The summed E-state index contributed by atoms with van der Waals surface area (Å²) >= 11 is 6.52. The second-order valence-corrected chi connectivity index (χ2v) is 10.4. The molecule has 0 spiro atoms. The third kappa shape index (κ3) is 5.41. The lowest BCUT2D eigenvalue weighted by atomic mass is 10.0. The number of benzene rings is 1. The van der Waals surface area contributed by atoms with Crippen molar-refractivity contribution in [1.29, 1.82) is 0 Å². The molecule has 35 heavy (non-hydrogen) atoms. The molecular formula is C27H33ClN4O3. The van der Waals surface area contributed by atoms with Crippen LogP contribution in [0, 0.1) is 11.8 Å². The minimum atomic E-state index is -0.00631. The second kappa shape index (κ2) is 10.5. The highest BCUT2D eigenvalue weighted by Crippen LogP contribution is 2.38. The number of H-pyrrole nitrogens is 1. The van der Waals surface area contributed by atoms with Crippen LogP contribution >= 0.6 is 11.6 Å². The van der Waals surface area contributed by atoms with Gasteiger partial charge in [0.1, 0.15) is 5.65 Å². The average Bonchev–Trinajstić information content (AvgIpc) is 3.43. The van der Waals surface area contributed by atoms with Crippen LogP contribution in [0.1, 0.15) is 37.8 Å². The maximum Gasteiger partial charge on any atom is 0.227 e. The third-order valence-corrected chi connectivity index (χ3v) is 6.98. The third-order valence-electron chi connectivity index (χ3n) is 6.70. The number of carbonyl (C=O) groups excluding carboxylic acids is 1. The van der Waals surface area contributed by atoms with E-state index in [2.05, 4.69) is 40.8 Å². The van der Waals surface area contributed by atoms with E-state index in [4.69, 9.17) is 21.1 Å². The summed E-state index contributed by atoms with van der Waals surface area (Å²) in [6, 6.07) is 8.02. The van der Waals surface area contributed by atoms with Crippen molar-refractivity contribution in [1.82, 2.24) is 19.8 Å². The number of carbonyl (C=O) groups is 1. The van der Waals surface area contributed by atoms with Gasteiger partial charge in [-0.3, -0.25) is 9.69 Å². The summed E-state index contributed by atoms with van der Waals surface area (Å²) in [5.41, 5.74) is 3.12. The lowest BCUT2D eigenvalue weighted by Gasteiger charge is -2.28. The van der Waals surface area contributed by atoms with Gasteiger partial charge < -0.3 is 19.4 Å². The van der Waals surface area contributed by atoms with Gasteiger partial charge in [0.05, 0.1) is 24.2 Å². The van der Waals surface area contributed by atoms with Crippen LogP contribution in [0.15, 0.2) is 36.7 Å². The maximum atomic E-state index is 13.7. The van der Waals surface area contributed by atoms with Gasteiger partial charge in [-0.15, -0.1) is 0 Å². The Morgan fingerprint density at radius 2 is 2.14 bits per heavy atom. The number of amides is 1. The van der Waals surface area contributed by atoms with Crippen LogP contribution in [0.25, 0.3) is 11.0 Å². The molecule has 186 valence electrons. The van der Waals surface area contributed by atoms with Crippen LogP contribution in [0.5, 0.6) is 11.5 Å². The molecule has 1 fully saturated rings. The molecule has 0 radical (unpaired) electrons. The first kappa shape index (κ1) is 23.9. The summed E-state index contributed by atoms with van der Waals surface area (Å²) < 4.78 is 11.6. The molecule has 1 atom stereocenters. The zero-order valence-corrected chi connectivity index (χ0v) is 21.2. The van der Waals surface area contributed by atoms with Crippen molar-refractivity contribution in [3.63, 3.8) is 0 Å². The molecule has 0 aliphatic carbocycles. The summed E-state index contributed by atoms with van der Waals surface area (Å²) in [6.07, 6.45) is 5.47. The zero-order valence-electron chi connectivity index (χ0n) is 20.4. The molecule has 2 aromatic heterocycles. The zero-order chi connectivity index (χ0) is 24.4. The molecule has 4 heterocycles. The van der Waals surface area contributed by atoms with Crippen LogP contribution in [0.4, 0.5) is 0 Å². The average molecular weight is 497 g/mol. The lowest BCUT2D eigenvalue weighted by molar-refractivity contribution is -0.136. The van der Waals surface area contributed by atoms with E-state index in [0.717, 1.165) is 49.1 Å². The van der Waals surface area contributed by atoms with Crippen LogP contribution in [0.2, 0.25) is 5.02 Å². The lowest BCUT2D eigenvalue weighted by Crippen LogP contribution is -2.39. The van der Waals surface area contributed by atoms with Crippen molar-refractivity contribution < 1.29 is 14.3 Å². The quantitative estimate of drug-likeness (QED) is 0.504. The number of ether oxygens (including phenoxy) is 2. The van der Waals surface area contributed by atoms with Gasteiger partial charge in [0.2, 0.25) is 5.91 Å². The molecule has 2 aliphatic heterocycles. The fourth-order valence-electron chi connectivity index (χ4n) is 5.10. The van der Waals surface area contributed by atoms with Crippen molar-refractivity contribution in [2.24, 2.45) is 11.8 Å². The normalized spacial score (nSPS) is 18.2. The Bertz CT molecular complexity index is 1190. The van der Waals surface area contributed by atoms with Gasteiger partial charge in [0.15, 0.2) is 11.5 Å². The molecule has 1 amide bonds. The molecular weight excluding hydrogens is 464 g/mol. The number of halogens is 1. The molecule has 0 bridgehead atoms. The number of fused-ring (bicyclic) bond motifs is 2. The first-order valence-corrected chi connectivity index (χ1v) is 12.9. The van der Waals surface area contributed by atoms with Gasteiger partial charge in [-0.2, -0.15) is 0 Å². The topological polar surface area (TPSA) is 70.7 Å². The number of nitrogens with zero attached hydrogens (tertiary/aromatic N) is 3. The molecule has 1 aromatic carbocycles. The van der Waals surface area contributed by atoms with Gasteiger partial charge in [0.25, 0.3) is 0 Å². The van der Waals surface area contributed by atoms with Crippen LogP contribution in [0.3, 0.4) is 0 Å². The highest BCUT2D eigenvalue weighted by Gasteiger charge is 2.32. The van der Waals surface area contributed by atoms with Crippen LogP contribution in [-0.4, -0.2) is 58.5 Å². The number of likely N-dealkylation sites (tertiary alicyclic amines) is 1. The summed E-state index contributed by atoms with van der Waals surface area (Å²) in [7, 11) is 0. The summed E-state index contributed by atoms with van der Waals surface area (Å²) in [6.45, 7) is 9.21. The second-order valence-electron chi connectivity index (χ2n) is 10.00. The SMILES string of the molecule is CC(C)CN(Cc1cc(Cl)c2c(c1)OCCCO2)C(=O)[C@@H]1CCN(Cc2ccnc3[nH]ccc23)C1. The largest absolute Gasteiger partial charge is 0.489 e. The first-order chi connectivity index (χ1) is 17.0. The molecule has 7 nitrogen and oxygen atoms in total. The highest BCUT2D eigenvalue weighted by molar-refractivity contribution is 6.32. The Kier molecular flexibility index (Phi) is 7.16. The first-order valence-electron chi connectivity index (χ1n) is 12.5. The van der Waals surface area contributed by atoms with Gasteiger partial charge in [-0.1, -0.05) is 25.4 Å². The molecule has 1 saturated heterocycles. The molecule has 3 aromatic rings. The summed E-state index contributed by atoms with van der Waals surface area (Å²) in [4.78, 5) is 25.6. The molecule has 1 N–H and O–H groups in total. The number of aromatic nitrogens is 2. The van der Waals surface area contributed by atoms with Crippen molar-refractivity contribution in [3.8, 4) is 11.5 Å². The van der Waals surface area contributed by atoms with Gasteiger partial charge in [-0.05, 0) is 54.3 Å². The molecule has 5 rings (SSSR count). The van der Waals surface area contributed by atoms with E-state index in [1.807, 2.05) is 29.4 Å². The van der Waals surface area contributed by atoms with Crippen molar-refractivity contribution in [2.75, 3.05) is 32.8 Å². The predicted octanol–water partition coefficient (Wildman–Crippen LogP) is 4.88. The van der Waals surface area contributed by atoms with E-state index < -0.39 is 0 Å². The molecule has 2 aliphatic rings. The van der Waals surface area contributed by atoms with E-state index in [0.29, 0.717) is 48.7 Å². The van der Waals surface area contributed by atoms with E-state index in [9.17, 15) is 4.79 Å². The molecule has 0 saturated carbocycles. The number of rotatable bonds is 7. The fourth-order valence-corrected chi connectivity index (χ4v) is 5.39. The van der Waals surface area contributed by atoms with E-state index in [1.165, 1.54) is 5.56 Å². The maximum absolute atomic E-state index is 13.7. The Hall–Kier alpha value is -2.77. The monoisotopic (exact) mass is 496 g/mol. The van der Waals surface area contributed by atoms with Crippen LogP contribution in [-0.2, 0) is 17.9 Å². The molecule has 8 heteroatoms. The Morgan fingerprint density at radius 1 is 1.29 bits per heavy atom. The van der Waals surface area contributed by atoms with E-state index in [1.54, 1.807) is 0 Å². The smallest absolute Gasteiger partial charge is 0.227 e. The number of hydrogen-bond acceptors (Lipinski definition) is 5. The number of pyridine rings is 1. The molecule has 0 unspecified atom stereocenters. The Morgan fingerprint density at radius 3 is 3.00 bits per heavy atom. The standard InChI is InChI=1S/C27H33ClN4O3/c1-18(2)14-32(15-19-12-23(28)25-24(13-19)34-10-3-11-35-25)27(33)21-6-9-31(17-21)16-20-4-7-29-26-22(20)5-8-30-26/h4-5,7-8,12-13,18,21H,3,6,9-11,14-17H2,1-2H3,(H,29,30)/t21-/m1/s1. The highest BCUT2D eigenvalue weighted by atomic mass is 35.5. The summed E-state index contributed by atoms with van der Waals surface area (Å²) in [5.74, 6) is 1.85.